The van der Waals surface area contributed by atoms with Gasteiger partial charge in [-0.1, -0.05) is 0 Å². The number of hydrogen-bond donors (Lipinski definition) is 1. The molecule has 2 aromatic carbocycles. The molecule has 1 aromatic heterocycles. The van der Waals surface area contributed by atoms with Gasteiger partial charge in [0.1, 0.15) is 10.8 Å². The molecule has 1 heterocycles. The zero-order chi connectivity index (χ0) is 14.1. The summed E-state index contributed by atoms with van der Waals surface area (Å²) >= 11 is 1.48. The number of thiazole rings is 1. The van der Waals surface area contributed by atoms with Gasteiger partial charge in [0.05, 0.1) is 22.9 Å². The SMILES string of the molecule is COc1ccc(-c2nc3ccc(C(=O)O)cc3s2)cc1. The smallest absolute Gasteiger partial charge is 0.335 e. The highest BCUT2D eigenvalue weighted by Crippen LogP contribution is 2.31. The zero-order valence-electron chi connectivity index (χ0n) is 10.7. The Morgan fingerprint density at radius 2 is 1.95 bits per heavy atom. The first-order valence-corrected chi connectivity index (χ1v) is 6.77. The fourth-order valence-corrected chi connectivity index (χ4v) is 2.93. The number of methoxy groups -OCH3 is 1. The van der Waals surface area contributed by atoms with Crippen LogP contribution in [0.1, 0.15) is 10.4 Å². The maximum Gasteiger partial charge on any atom is 0.335 e. The summed E-state index contributed by atoms with van der Waals surface area (Å²) in [5.41, 5.74) is 2.08. The molecule has 5 heteroatoms. The van der Waals surface area contributed by atoms with E-state index < -0.39 is 5.97 Å². The maximum atomic E-state index is 11.0. The van der Waals surface area contributed by atoms with Gasteiger partial charge in [-0.3, -0.25) is 0 Å². The van der Waals surface area contributed by atoms with Crippen LogP contribution in [0.5, 0.6) is 5.75 Å². The number of nitrogens with zero attached hydrogens (tertiary/aromatic N) is 1. The number of rotatable bonds is 3. The van der Waals surface area contributed by atoms with E-state index in [1.54, 1.807) is 25.3 Å². The molecule has 0 aliphatic heterocycles. The molecule has 20 heavy (non-hydrogen) atoms. The topological polar surface area (TPSA) is 59.4 Å². The third kappa shape index (κ3) is 2.23. The largest absolute Gasteiger partial charge is 0.497 e. The summed E-state index contributed by atoms with van der Waals surface area (Å²) in [6.07, 6.45) is 0. The number of carbonyl (C=O) groups is 1. The number of ether oxygens (including phenoxy) is 1. The summed E-state index contributed by atoms with van der Waals surface area (Å²) in [5, 5.41) is 9.86. The van der Waals surface area contributed by atoms with Crippen LogP contribution in [0.3, 0.4) is 0 Å². The Kier molecular flexibility index (Phi) is 3.12. The lowest BCUT2D eigenvalue weighted by atomic mass is 10.2. The minimum absolute atomic E-state index is 0.280. The lowest BCUT2D eigenvalue weighted by Gasteiger charge is -1.99. The second-order valence-electron chi connectivity index (χ2n) is 4.24. The minimum atomic E-state index is -0.925. The zero-order valence-corrected chi connectivity index (χ0v) is 11.5. The molecule has 0 spiro atoms. The molecular weight excluding hydrogens is 274 g/mol. The highest BCUT2D eigenvalue weighted by atomic mass is 32.1. The molecule has 4 nitrogen and oxygen atoms in total. The Morgan fingerprint density at radius 1 is 1.20 bits per heavy atom. The van der Waals surface area contributed by atoms with Crippen LogP contribution in [0.25, 0.3) is 20.8 Å². The van der Waals surface area contributed by atoms with Crippen LogP contribution >= 0.6 is 11.3 Å². The van der Waals surface area contributed by atoms with E-state index in [-0.39, 0.29) is 5.56 Å². The average Bonchev–Trinajstić information content (AvgIpc) is 2.90. The highest BCUT2D eigenvalue weighted by molar-refractivity contribution is 7.21. The summed E-state index contributed by atoms with van der Waals surface area (Å²) in [4.78, 5) is 15.5. The van der Waals surface area contributed by atoms with Crippen LogP contribution in [0.2, 0.25) is 0 Å². The van der Waals surface area contributed by atoms with Gasteiger partial charge in [0, 0.05) is 5.56 Å². The van der Waals surface area contributed by atoms with Crippen molar-refractivity contribution in [1.82, 2.24) is 4.98 Å². The number of carboxylic acid groups (broad SMARTS) is 1. The Bertz CT molecular complexity index is 777. The molecule has 0 radical (unpaired) electrons. The van der Waals surface area contributed by atoms with Crippen molar-refractivity contribution in [3.63, 3.8) is 0 Å². The molecular formula is C15H11NO3S. The Labute approximate surface area is 119 Å². The van der Waals surface area contributed by atoms with Gasteiger partial charge in [-0.15, -0.1) is 11.3 Å². The van der Waals surface area contributed by atoms with Crippen molar-refractivity contribution in [1.29, 1.82) is 0 Å². The second kappa shape index (κ2) is 4.94. The fourth-order valence-electron chi connectivity index (χ4n) is 1.91. The molecule has 0 saturated heterocycles. The van der Waals surface area contributed by atoms with Gasteiger partial charge < -0.3 is 9.84 Å². The van der Waals surface area contributed by atoms with Gasteiger partial charge >= 0.3 is 5.97 Å². The van der Waals surface area contributed by atoms with Gasteiger partial charge in [0.2, 0.25) is 0 Å². The van der Waals surface area contributed by atoms with Crippen molar-refractivity contribution < 1.29 is 14.6 Å². The first-order chi connectivity index (χ1) is 9.67. The van der Waals surface area contributed by atoms with Crippen molar-refractivity contribution in [2.75, 3.05) is 7.11 Å². The predicted octanol–water partition coefficient (Wildman–Crippen LogP) is 3.67. The van der Waals surface area contributed by atoms with Gasteiger partial charge in [-0.2, -0.15) is 0 Å². The molecule has 100 valence electrons. The van der Waals surface area contributed by atoms with Crippen LogP contribution in [0.4, 0.5) is 0 Å². The van der Waals surface area contributed by atoms with Crippen molar-refractivity contribution >= 4 is 27.5 Å². The fraction of sp³-hybridized carbons (Fsp3) is 0.0667. The van der Waals surface area contributed by atoms with Crippen molar-refractivity contribution in [3.05, 3.63) is 48.0 Å². The summed E-state index contributed by atoms with van der Waals surface area (Å²) in [6.45, 7) is 0. The monoisotopic (exact) mass is 285 g/mol. The Morgan fingerprint density at radius 3 is 2.60 bits per heavy atom. The van der Waals surface area contributed by atoms with E-state index in [4.69, 9.17) is 9.84 Å². The number of carboxylic acids is 1. The van der Waals surface area contributed by atoms with E-state index in [0.29, 0.717) is 0 Å². The van der Waals surface area contributed by atoms with E-state index in [1.807, 2.05) is 24.3 Å². The van der Waals surface area contributed by atoms with Crippen molar-refractivity contribution in [2.45, 2.75) is 0 Å². The summed E-state index contributed by atoms with van der Waals surface area (Å²) in [7, 11) is 1.63. The Hall–Kier alpha value is -2.40. The predicted molar refractivity (Wildman–Crippen MR) is 78.6 cm³/mol. The average molecular weight is 285 g/mol. The van der Waals surface area contributed by atoms with Crippen LogP contribution in [-0.2, 0) is 0 Å². The van der Waals surface area contributed by atoms with E-state index in [0.717, 1.165) is 26.5 Å². The number of hydrogen-bond acceptors (Lipinski definition) is 4. The Balaban J connectivity index is 2.05. The number of benzene rings is 2. The lowest BCUT2D eigenvalue weighted by molar-refractivity contribution is 0.0697. The van der Waals surface area contributed by atoms with E-state index in [1.165, 1.54) is 11.3 Å². The van der Waals surface area contributed by atoms with Crippen LogP contribution in [0, 0.1) is 0 Å². The molecule has 0 aliphatic rings. The summed E-state index contributed by atoms with van der Waals surface area (Å²) < 4.78 is 5.99. The van der Waals surface area contributed by atoms with E-state index in [9.17, 15) is 4.79 Å². The molecule has 3 rings (SSSR count). The molecule has 0 saturated carbocycles. The van der Waals surface area contributed by atoms with E-state index >= 15 is 0 Å². The van der Waals surface area contributed by atoms with Crippen molar-refractivity contribution in [2.24, 2.45) is 0 Å². The molecule has 0 amide bonds. The number of aromatic nitrogens is 1. The summed E-state index contributed by atoms with van der Waals surface area (Å²) in [5.74, 6) is -0.130. The normalized spacial score (nSPS) is 10.7. The minimum Gasteiger partial charge on any atom is -0.497 e. The van der Waals surface area contributed by atoms with Crippen LogP contribution in [0.15, 0.2) is 42.5 Å². The molecule has 0 aliphatic carbocycles. The van der Waals surface area contributed by atoms with Crippen molar-refractivity contribution in [3.8, 4) is 16.3 Å². The molecule has 0 bridgehead atoms. The number of aromatic carboxylic acids is 1. The van der Waals surface area contributed by atoms with Gasteiger partial charge in [-0.05, 0) is 42.5 Å². The highest BCUT2D eigenvalue weighted by Gasteiger charge is 2.09. The molecule has 0 fully saturated rings. The van der Waals surface area contributed by atoms with Gasteiger partial charge in [0.25, 0.3) is 0 Å². The van der Waals surface area contributed by atoms with Crippen LogP contribution in [-0.4, -0.2) is 23.2 Å². The van der Waals surface area contributed by atoms with E-state index in [2.05, 4.69) is 4.98 Å². The van der Waals surface area contributed by atoms with Gasteiger partial charge in [0.15, 0.2) is 0 Å². The third-order valence-corrected chi connectivity index (χ3v) is 4.04. The number of fused-ring (bicyclic) bond motifs is 1. The van der Waals surface area contributed by atoms with Gasteiger partial charge in [-0.25, -0.2) is 9.78 Å². The molecule has 0 atom stereocenters. The molecule has 1 N–H and O–H groups in total. The first-order valence-electron chi connectivity index (χ1n) is 5.95. The second-order valence-corrected chi connectivity index (χ2v) is 5.27. The quantitative estimate of drug-likeness (QED) is 0.797. The summed E-state index contributed by atoms with van der Waals surface area (Å²) in [6, 6.07) is 12.6. The standard InChI is InChI=1S/C15H11NO3S/c1-19-11-5-2-9(3-6-11)14-16-12-7-4-10(15(17)18)8-13(12)20-14/h2-8H,1H3,(H,17,18). The molecule has 3 aromatic rings. The molecule has 0 unspecified atom stereocenters. The first kappa shape index (κ1) is 12.6. The van der Waals surface area contributed by atoms with Crippen LogP contribution < -0.4 is 4.74 Å². The lowest BCUT2D eigenvalue weighted by Crippen LogP contribution is -1.94. The maximum absolute atomic E-state index is 11.0. The third-order valence-electron chi connectivity index (χ3n) is 2.97.